The zero-order valence-corrected chi connectivity index (χ0v) is 14.3. The Balaban J connectivity index is 1.66. The van der Waals surface area contributed by atoms with Gasteiger partial charge in [-0.15, -0.1) is 21.5 Å². The molecule has 3 rings (SSSR count). The quantitative estimate of drug-likeness (QED) is 0.876. The highest BCUT2D eigenvalue weighted by Crippen LogP contribution is 2.30. The molecule has 1 fully saturated rings. The van der Waals surface area contributed by atoms with Crippen molar-refractivity contribution < 1.29 is 4.79 Å². The number of rotatable bonds is 6. The number of aromatic nitrogens is 4. The van der Waals surface area contributed by atoms with Crippen LogP contribution in [0.1, 0.15) is 38.6 Å². The predicted octanol–water partition coefficient (Wildman–Crippen LogP) is 2.17. The Morgan fingerprint density at radius 1 is 1.52 bits per heavy atom. The van der Waals surface area contributed by atoms with E-state index in [1.807, 2.05) is 5.38 Å². The molecule has 0 saturated carbocycles. The highest BCUT2D eigenvalue weighted by molar-refractivity contribution is 7.13. The van der Waals surface area contributed by atoms with Crippen LogP contribution in [0.4, 0.5) is 5.13 Å². The second-order valence-electron chi connectivity index (χ2n) is 6.25. The molecule has 2 aromatic heterocycles. The molecule has 1 N–H and O–H groups in total. The van der Waals surface area contributed by atoms with Crippen LogP contribution in [0.3, 0.4) is 0 Å². The fourth-order valence-corrected chi connectivity index (χ4v) is 3.54. The molecule has 1 amide bonds. The van der Waals surface area contributed by atoms with Crippen LogP contribution >= 0.6 is 11.3 Å². The lowest BCUT2D eigenvalue weighted by Crippen LogP contribution is -2.34. The third-order valence-electron chi connectivity index (χ3n) is 3.89. The van der Waals surface area contributed by atoms with Crippen LogP contribution < -0.4 is 5.32 Å². The van der Waals surface area contributed by atoms with E-state index in [0.29, 0.717) is 17.6 Å². The first-order valence-electron chi connectivity index (χ1n) is 7.94. The summed E-state index contributed by atoms with van der Waals surface area (Å²) < 4.78 is 2.12. The molecule has 23 heavy (non-hydrogen) atoms. The lowest BCUT2D eigenvalue weighted by molar-refractivity contribution is -0.117. The van der Waals surface area contributed by atoms with Crippen molar-refractivity contribution in [3.05, 3.63) is 23.7 Å². The average Bonchev–Trinajstić information content (AvgIpc) is 3.20. The SMILES string of the molecule is CC(C)Cn1cnnc1[C@@H]1CCCN1CC(=O)Nc1nccs1. The Bertz CT molecular complexity index is 638. The zero-order valence-electron chi connectivity index (χ0n) is 13.5. The molecule has 1 atom stereocenters. The van der Waals surface area contributed by atoms with Gasteiger partial charge in [0, 0.05) is 18.1 Å². The third-order valence-corrected chi connectivity index (χ3v) is 4.58. The van der Waals surface area contributed by atoms with Gasteiger partial charge in [0.25, 0.3) is 0 Å². The molecule has 124 valence electrons. The fourth-order valence-electron chi connectivity index (χ4n) is 2.99. The minimum Gasteiger partial charge on any atom is -0.316 e. The number of hydrogen-bond acceptors (Lipinski definition) is 6. The van der Waals surface area contributed by atoms with E-state index in [1.165, 1.54) is 11.3 Å². The molecule has 0 aliphatic carbocycles. The summed E-state index contributed by atoms with van der Waals surface area (Å²) in [6.07, 6.45) is 5.57. The summed E-state index contributed by atoms with van der Waals surface area (Å²) in [5.74, 6) is 1.48. The molecule has 8 heteroatoms. The molecule has 1 aliphatic heterocycles. The number of nitrogens with zero attached hydrogens (tertiary/aromatic N) is 5. The Kier molecular flexibility index (Phi) is 5.02. The maximum absolute atomic E-state index is 12.2. The number of likely N-dealkylation sites (tertiary alicyclic amines) is 1. The summed E-state index contributed by atoms with van der Waals surface area (Å²) in [6.45, 7) is 6.52. The second kappa shape index (κ2) is 7.18. The van der Waals surface area contributed by atoms with E-state index in [0.717, 1.165) is 31.8 Å². The summed E-state index contributed by atoms with van der Waals surface area (Å²) in [6, 6.07) is 0.165. The highest BCUT2D eigenvalue weighted by Gasteiger charge is 2.31. The number of amides is 1. The average molecular weight is 334 g/mol. The van der Waals surface area contributed by atoms with Crippen LogP contribution in [0, 0.1) is 5.92 Å². The van der Waals surface area contributed by atoms with Gasteiger partial charge in [0.05, 0.1) is 12.6 Å². The van der Waals surface area contributed by atoms with Crippen molar-refractivity contribution in [3.63, 3.8) is 0 Å². The molecule has 0 aromatic carbocycles. The number of anilines is 1. The smallest absolute Gasteiger partial charge is 0.240 e. The van der Waals surface area contributed by atoms with Crippen LogP contribution in [-0.2, 0) is 11.3 Å². The van der Waals surface area contributed by atoms with Crippen LogP contribution in [0.2, 0.25) is 0 Å². The van der Waals surface area contributed by atoms with Crippen molar-refractivity contribution in [2.75, 3.05) is 18.4 Å². The van der Waals surface area contributed by atoms with Crippen LogP contribution in [0.5, 0.6) is 0 Å². The second-order valence-corrected chi connectivity index (χ2v) is 7.14. The molecule has 1 saturated heterocycles. The van der Waals surface area contributed by atoms with E-state index in [4.69, 9.17) is 0 Å². The van der Waals surface area contributed by atoms with E-state index in [9.17, 15) is 4.79 Å². The van der Waals surface area contributed by atoms with Gasteiger partial charge in [-0.05, 0) is 25.3 Å². The molecule has 2 aromatic rings. The van der Waals surface area contributed by atoms with Gasteiger partial charge in [-0.25, -0.2) is 4.98 Å². The van der Waals surface area contributed by atoms with Crippen molar-refractivity contribution >= 4 is 22.4 Å². The van der Waals surface area contributed by atoms with Gasteiger partial charge in [0.1, 0.15) is 12.2 Å². The van der Waals surface area contributed by atoms with Crippen LogP contribution in [-0.4, -0.2) is 43.6 Å². The topological polar surface area (TPSA) is 75.9 Å². The Morgan fingerprint density at radius 2 is 2.39 bits per heavy atom. The van der Waals surface area contributed by atoms with E-state index in [1.54, 1.807) is 12.5 Å². The van der Waals surface area contributed by atoms with Crippen molar-refractivity contribution in [2.45, 2.75) is 39.3 Å². The van der Waals surface area contributed by atoms with Crippen molar-refractivity contribution in [1.82, 2.24) is 24.6 Å². The lowest BCUT2D eigenvalue weighted by atomic mass is 10.2. The molecule has 1 aliphatic rings. The summed E-state index contributed by atoms with van der Waals surface area (Å²) in [5, 5.41) is 13.7. The third kappa shape index (κ3) is 3.94. The zero-order chi connectivity index (χ0) is 16.2. The van der Waals surface area contributed by atoms with E-state index in [-0.39, 0.29) is 11.9 Å². The number of thiazole rings is 1. The number of carbonyl (C=O) groups excluding carboxylic acids is 1. The minimum atomic E-state index is -0.0261. The normalized spacial score (nSPS) is 18.7. The number of carbonyl (C=O) groups is 1. The van der Waals surface area contributed by atoms with E-state index >= 15 is 0 Å². The first-order valence-corrected chi connectivity index (χ1v) is 8.82. The van der Waals surface area contributed by atoms with Gasteiger partial charge < -0.3 is 9.88 Å². The van der Waals surface area contributed by atoms with Gasteiger partial charge in [-0.1, -0.05) is 13.8 Å². The Morgan fingerprint density at radius 3 is 3.13 bits per heavy atom. The van der Waals surface area contributed by atoms with Gasteiger partial charge in [-0.2, -0.15) is 0 Å². The van der Waals surface area contributed by atoms with Gasteiger partial charge in [-0.3, -0.25) is 9.69 Å². The number of hydrogen-bond donors (Lipinski definition) is 1. The molecular weight excluding hydrogens is 312 g/mol. The van der Waals surface area contributed by atoms with Gasteiger partial charge in [0.2, 0.25) is 5.91 Å². The molecule has 0 spiro atoms. The number of nitrogens with one attached hydrogen (secondary N) is 1. The van der Waals surface area contributed by atoms with E-state index in [2.05, 4.69) is 43.8 Å². The predicted molar refractivity (Wildman–Crippen MR) is 89.2 cm³/mol. The fraction of sp³-hybridized carbons (Fsp3) is 0.600. The van der Waals surface area contributed by atoms with E-state index < -0.39 is 0 Å². The first-order chi connectivity index (χ1) is 11.1. The largest absolute Gasteiger partial charge is 0.316 e. The minimum absolute atomic E-state index is 0.0261. The van der Waals surface area contributed by atoms with Crippen molar-refractivity contribution in [2.24, 2.45) is 5.92 Å². The lowest BCUT2D eigenvalue weighted by Gasteiger charge is -2.23. The highest BCUT2D eigenvalue weighted by atomic mass is 32.1. The molecule has 7 nitrogen and oxygen atoms in total. The molecular formula is C15H22N6OS. The standard InChI is InChI=1S/C15H22N6OS/c1-11(2)8-21-10-17-19-14(21)12-4-3-6-20(12)9-13(22)18-15-16-5-7-23-15/h5,7,10-12H,3-4,6,8-9H2,1-2H3,(H,16,18,22)/t12-/m0/s1. The van der Waals surface area contributed by atoms with Crippen molar-refractivity contribution in [3.8, 4) is 0 Å². The first kappa shape index (κ1) is 16.1. The molecule has 0 radical (unpaired) electrons. The monoisotopic (exact) mass is 334 g/mol. The summed E-state index contributed by atoms with van der Waals surface area (Å²) >= 11 is 1.43. The van der Waals surface area contributed by atoms with Crippen LogP contribution in [0.15, 0.2) is 17.9 Å². The Labute approximate surface area is 139 Å². The summed E-state index contributed by atoms with van der Waals surface area (Å²) in [7, 11) is 0. The van der Waals surface area contributed by atoms with Crippen LogP contribution in [0.25, 0.3) is 0 Å². The summed E-state index contributed by atoms with van der Waals surface area (Å²) in [5.41, 5.74) is 0. The maximum atomic E-state index is 12.2. The molecule has 0 bridgehead atoms. The Hall–Kier alpha value is -1.80. The summed E-state index contributed by atoms with van der Waals surface area (Å²) in [4.78, 5) is 18.5. The molecule has 3 heterocycles. The van der Waals surface area contributed by atoms with Gasteiger partial charge in [0.15, 0.2) is 5.13 Å². The van der Waals surface area contributed by atoms with Gasteiger partial charge >= 0.3 is 0 Å². The molecule has 0 unspecified atom stereocenters. The maximum Gasteiger partial charge on any atom is 0.240 e. The van der Waals surface area contributed by atoms with Crippen molar-refractivity contribution in [1.29, 1.82) is 0 Å².